The van der Waals surface area contributed by atoms with Crippen LogP contribution in [0.5, 0.6) is 0 Å². The molecular formula is C74H94N6O12. The van der Waals surface area contributed by atoms with Crippen molar-refractivity contribution in [2.75, 3.05) is 0 Å². The fourth-order valence-corrected chi connectivity index (χ4v) is 12.6. The molecule has 18 nitrogen and oxygen atoms in total. The highest BCUT2D eigenvalue weighted by atomic mass is 16.5. The molecule has 3 unspecified atom stereocenters. The molecule has 0 spiro atoms. The van der Waals surface area contributed by atoms with Crippen molar-refractivity contribution in [1.29, 1.82) is 0 Å². The van der Waals surface area contributed by atoms with Crippen LogP contribution in [0.2, 0.25) is 0 Å². The largest absolute Gasteiger partial charge is 0.286 e. The van der Waals surface area contributed by atoms with Gasteiger partial charge in [0.15, 0.2) is 0 Å². The second-order valence-electron chi connectivity index (χ2n) is 27.0. The predicted octanol–water partition coefficient (Wildman–Crippen LogP) is 13.8. The number of hydrogen-bond acceptors (Lipinski definition) is 12. The van der Waals surface area contributed by atoms with Gasteiger partial charge in [-0.15, -0.1) is 0 Å². The summed E-state index contributed by atoms with van der Waals surface area (Å²) in [6.45, 7) is 18.3. The fraction of sp³-hybridized carbons (Fsp3) is 0.432. The van der Waals surface area contributed by atoms with Crippen LogP contribution in [0.3, 0.4) is 0 Å². The van der Waals surface area contributed by atoms with Crippen LogP contribution in [0.15, 0.2) is 158 Å². The number of carbonyl (C=O) groups excluding carboxylic acids is 6. The Hall–Kier alpha value is -8.10. The molecule has 0 radical (unpaired) electrons. The van der Waals surface area contributed by atoms with Gasteiger partial charge in [-0.2, -0.15) is 0 Å². The van der Waals surface area contributed by atoms with Crippen molar-refractivity contribution in [1.82, 2.24) is 30.4 Å². The molecule has 18 heteroatoms. The molecule has 3 saturated carbocycles. The van der Waals surface area contributed by atoms with Crippen LogP contribution in [0.1, 0.15) is 196 Å². The Bertz CT molecular complexity index is 3140. The number of aryl methyl sites for hydroxylation is 4. The minimum atomic E-state index is -0.766. The van der Waals surface area contributed by atoms with Crippen molar-refractivity contribution in [3.05, 3.63) is 213 Å². The molecule has 0 heterocycles. The third-order valence-corrected chi connectivity index (χ3v) is 17.6. The van der Waals surface area contributed by atoms with E-state index >= 15 is 0 Å². The van der Waals surface area contributed by atoms with Gasteiger partial charge in [0.1, 0.15) is 0 Å². The molecule has 6 aromatic carbocycles. The van der Waals surface area contributed by atoms with E-state index in [1.165, 1.54) is 0 Å². The molecule has 6 N–H and O–H groups in total. The first-order valence-corrected chi connectivity index (χ1v) is 32.1. The molecule has 6 atom stereocenters. The molecule has 6 aromatic rings. The molecule has 3 aliphatic carbocycles. The van der Waals surface area contributed by atoms with Crippen molar-refractivity contribution < 1.29 is 60.0 Å². The monoisotopic (exact) mass is 1260 g/mol. The van der Waals surface area contributed by atoms with Crippen molar-refractivity contribution in [2.45, 2.75) is 194 Å². The Labute approximate surface area is 542 Å². The lowest BCUT2D eigenvalue weighted by Gasteiger charge is -2.42. The maximum Gasteiger partial charge on any atom is 0.277 e. The van der Waals surface area contributed by atoms with Crippen LogP contribution in [0, 0.1) is 38.5 Å². The molecule has 92 heavy (non-hydrogen) atoms. The van der Waals surface area contributed by atoms with E-state index in [1.807, 2.05) is 125 Å². The van der Waals surface area contributed by atoms with Crippen LogP contribution < -0.4 is 0 Å². The summed E-state index contributed by atoms with van der Waals surface area (Å²) >= 11 is 0. The second-order valence-corrected chi connectivity index (χ2v) is 27.0. The summed E-state index contributed by atoms with van der Waals surface area (Å²) in [5.41, 5.74) is 6.46. The minimum Gasteiger partial charge on any atom is -0.286 e. The average molecular weight is 1260 g/mol. The smallest absolute Gasteiger partial charge is 0.277 e. The van der Waals surface area contributed by atoms with Crippen LogP contribution in [0.25, 0.3) is 0 Å². The number of benzene rings is 6. The molecule has 492 valence electrons. The van der Waals surface area contributed by atoms with Gasteiger partial charge < -0.3 is 0 Å². The highest BCUT2D eigenvalue weighted by Crippen LogP contribution is 2.37. The molecule has 0 aromatic heterocycles. The molecule has 3 aliphatic rings. The van der Waals surface area contributed by atoms with Crippen molar-refractivity contribution >= 4 is 35.4 Å². The second kappa shape index (κ2) is 32.0. The summed E-state index contributed by atoms with van der Waals surface area (Å²) in [6, 6.07) is 44.0. The number of nitrogens with zero attached hydrogens (tertiary/aromatic N) is 6. The van der Waals surface area contributed by atoms with E-state index in [4.69, 9.17) is 0 Å². The van der Waals surface area contributed by atoms with Gasteiger partial charge in [-0.25, -0.2) is 30.4 Å². The van der Waals surface area contributed by atoms with E-state index in [9.17, 15) is 60.0 Å². The SMILES string of the molecule is CC(C)(C)C(=O)N(O)C1CCCC[C@H]1N(O)C(=O)C(C)(C)C.Cc1cccc(C(C(=O)N(O)C2CCCC[C@H]2N(O)C(=O)C(c2cccc(C)c2)c2cccc(C)c2)c2cccc(C)c2)c1.O=C(c1ccccc1)N(O)C1CCCC[C@H]1N(O)C(=O)c1ccccc1. The van der Waals surface area contributed by atoms with Crippen molar-refractivity contribution in [2.24, 2.45) is 10.8 Å². The maximum atomic E-state index is 14.2. The average Bonchev–Trinajstić information content (AvgIpc) is 0.873. The molecule has 0 bridgehead atoms. The summed E-state index contributed by atoms with van der Waals surface area (Å²) in [7, 11) is 0. The summed E-state index contributed by atoms with van der Waals surface area (Å²) in [5.74, 6) is -4.32. The Morgan fingerprint density at radius 2 is 0.554 bits per heavy atom. The Kier molecular flexibility index (Phi) is 24.8. The van der Waals surface area contributed by atoms with Crippen LogP contribution >= 0.6 is 0 Å². The van der Waals surface area contributed by atoms with Gasteiger partial charge >= 0.3 is 0 Å². The zero-order valence-corrected chi connectivity index (χ0v) is 54.9. The van der Waals surface area contributed by atoms with Crippen molar-refractivity contribution in [3.8, 4) is 0 Å². The van der Waals surface area contributed by atoms with E-state index in [2.05, 4.69) is 0 Å². The van der Waals surface area contributed by atoms with Gasteiger partial charge in [0, 0.05) is 22.0 Å². The summed E-state index contributed by atoms with van der Waals surface area (Å²) < 4.78 is 0. The third kappa shape index (κ3) is 17.9. The first kappa shape index (κ1) is 71.3. The lowest BCUT2D eigenvalue weighted by molar-refractivity contribution is -0.221. The molecule has 0 aliphatic heterocycles. The minimum absolute atomic E-state index is 0.359. The number of carbonyl (C=O) groups is 6. The van der Waals surface area contributed by atoms with E-state index in [1.54, 1.807) is 102 Å². The topological polar surface area (TPSA) is 243 Å². The van der Waals surface area contributed by atoms with E-state index in [0.29, 0.717) is 59.8 Å². The summed E-state index contributed by atoms with van der Waals surface area (Å²) in [6.07, 6.45) is 7.96. The fourth-order valence-electron chi connectivity index (χ4n) is 12.6. The third-order valence-electron chi connectivity index (χ3n) is 17.6. The first-order chi connectivity index (χ1) is 43.6. The highest BCUT2D eigenvalue weighted by molar-refractivity contribution is 5.95. The van der Waals surface area contributed by atoms with E-state index in [0.717, 1.165) is 103 Å². The molecular weight excluding hydrogens is 1160 g/mol. The van der Waals surface area contributed by atoms with Gasteiger partial charge in [-0.1, -0.05) is 236 Å². The number of hydroxylamine groups is 12. The molecule has 6 amide bonds. The number of rotatable bonds is 14. The molecule has 9 rings (SSSR count). The number of hydrogen-bond donors (Lipinski definition) is 6. The van der Waals surface area contributed by atoms with Gasteiger partial charge in [0.25, 0.3) is 35.4 Å². The first-order valence-electron chi connectivity index (χ1n) is 32.1. The van der Waals surface area contributed by atoms with Crippen LogP contribution in [-0.4, -0.2) is 133 Å². The lowest BCUT2D eigenvalue weighted by atomic mass is 9.84. The van der Waals surface area contributed by atoms with Gasteiger partial charge in [0.2, 0.25) is 0 Å². The van der Waals surface area contributed by atoms with Crippen molar-refractivity contribution in [3.63, 3.8) is 0 Å². The zero-order chi connectivity index (χ0) is 67.2. The van der Waals surface area contributed by atoms with Gasteiger partial charge in [-0.05, 0) is 113 Å². The summed E-state index contributed by atoms with van der Waals surface area (Å²) in [5, 5.41) is 69.3. The Morgan fingerprint density at radius 3 is 0.783 bits per heavy atom. The highest BCUT2D eigenvalue weighted by Gasteiger charge is 2.45. The maximum absolute atomic E-state index is 14.2. The molecule has 3 fully saturated rings. The van der Waals surface area contributed by atoms with Gasteiger partial charge in [0.05, 0.1) is 48.1 Å². The van der Waals surface area contributed by atoms with E-state index in [-0.39, 0.29) is 0 Å². The normalized spacial score (nSPS) is 19.0. The molecule has 0 saturated heterocycles. The van der Waals surface area contributed by atoms with Gasteiger partial charge in [-0.3, -0.25) is 60.0 Å². The predicted molar refractivity (Wildman–Crippen MR) is 349 cm³/mol. The van der Waals surface area contributed by atoms with Crippen LogP contribution in [-0.2, 0) is 19.2 Å². The quantitative estimate of drug-likeness (QED) is 0.0441. The zero-order valence-electron chi connectivity index (χ0n) is 54.9. The van der Waals surface area contributed by atoms with Crippen LogP contribution in [0.4, 0.5) is 0 Å². The number of amides is 6. The standard InChI is InChI=1S/C38H42N2O4.C20H22N2O4.C16H30N2O4/c1-25-11-7-15-29(21-25)35(30-16-8-12-26(2)22-30)37(41)39(43)33-19-5-6-20-34(33)40(44)38(42)36(31-17-9-13-27(3)23-31)32-18-10-14-28(4)24-32;23-19(15-9-3-1-4-10-15)21(25)17-13-7-8-14-18(17)22(26)20(24)16-11-5-2-6-12-16;1-15(2,3)13(19)17(21)11-9-7-8-10-12(11)18(22)14(20)16(4,5)6/h7-18,21-24,33-36,43-44H,5-6,19-20H2,1-4H3;1-6,9-12,17-18,25-26H,7-8,13-14H2;11-12,21-22H,7-10H2,1-6H3/t33-,34?;17-,18?;11-,12?/m111/s1. The Morgan fingerprint density at radius 1 is 0.326 bits per heavy atom. The Balaban J connectivity index is 0.000000213. The van der Waals surface area contributed by atoms with E-state index < -0.39 is 94.4 Å². The lowest BCUT2D eigenvalue weighted by Crippen LogP contribution is -2.57. The summed E-state index contributed by atoms with van der Waals surface area (Å²) in [4.78, 5) is 78.2.